The summed E-state index contributed by atoms with van der Waals surface area (Å²) in [7, 11) is 0. The zero-order chi connectivity index (χ0) is 17.5. The predicted octanol–water partition coefficient (Wildman–Crippen LogP) is 5.13. The number of aryl methyl sites for hydroxylation is 2. The Hall–Kier alpha value is -1.55. The number of pyridine rings is 1. The molecule has 124 valence electrons. The second-order valence-electron chi connectivity index (χ2n) is 7.01. The molecule has 2 rings (SSSR count). The fourth-order valence-electron chi connectivity index (χ4n) is 3.05. The first-order valence-electron chi connectivity index (χ1n) is 7.66. The Bertz CT molecular complexity index is 816. The molecule has 0 fully saturated rings. The molecule has 0 atom stereocenters. The summed E-state index contributed by atoms with van der Waals surface area (Å²) < 4.78 is 15.1. The maximum absolute atomic E-state index is 15.1. The number of aromatic nitrogens is 1. The van der Waals surface area contributed by atoms with Gasteiger partial charge in [-0.1, -0.05) is 26.8 Å². The van der Waals surface area contributed by atoms with E-state index in [2.05, 4.69) is 25.8 Å². The standard InChI is InChI=1S/C19H24FNOS/c1-10-8-13(19(4,5)6)11(2)17(20)16(10)14-9-15(22)18(23-7)12(3)21-14/h8-9H,1-7H3,(H,21,22). The summed E-state index contributed by atoms with van der Waals surface area (Å²) >= 11 is 1.41. The van der Waals surface area contributed by atoms with Crippen LogP contribution in [0.5, 0.6) is 0 Å². The molecule has 0 radical (unpaired) electrons. The summed E-state index contributed by atoms with van der Waals surface area (Å²) in [5, 5.41) is 0. The Labute approximate surface area is 141 Å². The van der Waals surface area contributed by atoms with Gasteiger partial charge in [0.25, 0.3) is 0 Å². The van der Waals surface area contributed by atoms with Crippen LogP contribution in [0.4, 0.5) is 4.39 Å². The molecule has 0 saturated heterocycles. The average Bonchev–Trinajstić information content (AvgIpc) is 2.41. The van der Waals surface area contributed by atoms with Crippen LogP contribution in [0.25, 0.3) is 11.3 Å². The molecule has 1 heterocycles. The van der Waals surface area contributed by atoms with Crippen LogP contribution in [0, 0.1) is 26.6 Å². The summed E-state index contributed by atoms with van der Waals surface area (Å²) in [6, 6.07) is 3.53. The van der Waals surface area contributed by atoms with Gasteiger partial charge in [0.05, 0.1) is 10.6 Å². The Morgan fingerprint density at radius 3 is 2.22 bits per heavy atom. The van der Waals surface area contributed by atoms with Gasteiger partial charge >= 0.3 is 0 Å². The van der Waals surface area contributed by atoms with Crippen molar-refractivity contribution in [2.24, 2.45) is 0 Å². The molecule has 0 bridgehead atoms. The minimum Gasteiger partial charge on any atom is -0.357 e. The molecule has 4 heteroatoms. The monoisotopic (exact) mass is 333 g/mol. The summed E-state index contributed by atoms with van der Waals surface area (Å²) in [5.41, 5.74) is 4.09. The zero-order valence-corrected chi connectivity index (χ0v) is 15.7. The molecular formula is C19H24FNOS. The van der Waals surface area contributed by atoms with Crippen molar-refractivity contribution in [2.45, 2.75) is 51.9 Å². The second-order valence-corrected chi connectivity index (χ2v) is 7.83. The summed E-state index contributed by atoms with van der Waals surface area (Å²) in [6.07, 6.45) is 1.87. The normalized spacial score (nSPS) is 11.8. The quantitative estimate of drug-likeness (QED) is 0.773. The first-order valence-corrected chi connectivity index (χ1v) is 8.88. The number of thioether (sulfide) groups is 1. The molecule has 1 aromatic heterocycles. The highest BCUT2D eigenvalue weighted by Crippen LogP contribution is 2.35. The van der Waals surface area contributed by atoms with Crippen LogP contribution in [-0.4, -0.2) is 11.2 Å². The van der Waals surface area contributed by atoms with Crippen LogP contribution in [0.3, 0.4) is 0 Å². The van der Waals surface area contributed by atoms with Crippen molar-refractivity contribution in [3.05, 3.63) is 50.6 Å². The van der Waals surface area contributed by atoms with E-state index >= 15 is 4.39 Å². The second kappa shape index (κ2) is 6.16. The van der Waals surface area contributed by atoms with E-state index in [1.165, 1.54) is 17.8 Å². The molecule has 0 aliphatic carbocycles. The highest BCUT2D eigenvalue weighted by atomic mass is 32.2. The first kappa shape index (κ1) is 17.8. The van der Waals surface area contributed by atoms with E-state index in [-0.39, 0.29) is 16.7 Å². The fourth-order valence-corrected chi connectivity index (χ4v) is 3.67. The van der Waals surface area contributed by atoms with E-state index in [0.29, 0.717) is 21.7 Å². The molecular weight excluding hydrogens is 309 g/mol. The van der Waals surface area contributed by atoms with Gasteiger partial charge in [0, 0.05) is 17.3 Å². The molecule has 2 aromatic rings. The maximum atomic E-state index is 15.1. The molecule has 23 heavy (non-hydrogen) atoms. The minimum atomic E-state index is -0.248. The summed E-state index contributed by atoms with van der Waals surface area (Å²) in [6.45, 7) is 11.8. The number of rotatable bonds is 2. The Morgan fingerprint density at radius 1 is 1.13 bits per heavy atom. The van der Waals surface area contributed by atoms with Crippen molar-refractivity contribution in [2.75, 3.05) is 6.26 Å². The predicted molar refractivity (Wildman–Crippen MR) is 97.1 cm³/mol. The van der Waals surface area contributed by atoms with Gasteiger partial charge in [0.15, 0.2) is 5.43 Å². The number of aromatic amines is 1. The van der Waals surface area contributed by atoms with Gasteiger partial charge in [-0.3, -0.25) is 4.79 Å². The number of nitrogens with one attached hydrogen (secondary N) is 1. The van der Waals surface area contributed by atoms with Gasteiger partial charge in [-0.25, -0.2) is 4.39 Å². The van der Waals surface area contributed by atoms with Crippen LogP contribution < -0.4 is 5.43 Å². The molecule has 2 nitrogen and oxygen atoms in total. The lowest BCUT2D eigenvalue weighted by molar-refractivity contribution is 0.563. The molecule has 0 unspecified atom stereocenters. The molecule has 0 amide bonds. The number of benzene rings is 1. The summed E-state index contributed by atoms with van der Waals surface area (Å²) in [4.78, 5) is 16.1. The fraction of sp³-hybridized carbons (Fsp3) is 0.421. The molecule has 0 spiro atoms. The lowest BCUT2D eigenvalue weighted by Gasteiger charge is -2.24. The van der Waals surface area contributed by atoms with Gasteiger partial charge in [-0.2, -0.15) is 0 Å². The van der Waals surface area contributed by atoms with E-state index in [0.717, 1.165) is 16.8 Å². The van der Waals surface area contributed by atoms with Crippen LogP contribution >= 0.6 is 11.8 Å². The van der Waals surface area contributed by atoms with E-state index in [1.807, 2.05) is 26.2 Å². The van der Waals surface area contributed by atoms with Gasteiger partial charge in [0.1, 0.15) is 5.82 Å². The number of hydrogen-bond donors (Lipinski definition) is 1. The summed E-state index contributed by atoms with van der Waals surface area (Å²) in [5.74, 6) is -0.248. The van der Waals surface area contributed by atoms with Crippen molar-refractivity contribution < 1.29 is 4.39 Å². The Kier molecular flexibility index (Phi) is 4.76. The lowest BCUT2D eigenvalue weighted by atomic mass is 9.81. The third kappa shape index (κ3) is 3.23. The van der Waals surface area contributed by atoms with E-state index < -0.39 is 0 Å². The van der Waals surface area contributed by atoms with E-state index in [4.69, 9.17) is 0 Å². The number of hydrogen-bond acceptors (Lipinski definition) is 2. The highest BCUT2D eigenvalue weighted by Gasteiger charge is 2.23. The van der Waals surface area contributed by atoms with Crippen LogP contribution in [0.1, 0.15) is 43.2 Å². The molecule has 1 N–H and O–H groups in total. The Morgan fingerprint density at radius 2 is 1.74 bits per heavy atom. The Balaban J connectivity index is 2.76. The van der Waals surface area contributed by atoms with Crippen LogP contribution in [0.2, 0.25) is 0 Å². The highest BCUT2D eigenvalue weighted by molar-refractivity contribution is 7.98. The third-order valence-corrected chi connectivity index (χ3v) is 5.07. The number of halogens is 1. The van der Waals surface area contributed by atoms with Gasteiger partial charge < -0.3 is 4.98 Å². The van der Waals surface area contributed by atoms with Crippen molar-refractivity contribution >= 4 is 11.8 Å². The van der Waals surface area contributed by atoms with Crippen molar-refractivity contribution in [3.8, 4) is 11.3 Å². The molecule has 0 aliphatic rings. The first-order chi connectivity index (χ1) is 10.6. The van der Waals surface area contributed by atoms with Crippen molar-refractivity contribution in [3.63, 3.8) is 0 Å². The van der Waals surface area contributed by atoms with Gasteiger partial charge in [-0.15, -0.1) is 11.8 Å². The maximum Gasteiger partial charge on any atom is 0.195 e. The smallest absolute Gasteiger partial charge is 0.195 e. The van der Waals surface area contributed by atoms with Crippen LogP contribution in [0.15, 0.2) is 21.8 Å². The van der Waals surface area contributed by atoms with E-state index in [1.54, 1.807) is 6.92 Å². The average molecular weight is 333 g/mol. The SMILES string of the molecule is CSc1c(C)[nH]c(-c2c(C)cc(C(C)(C)C)c(C)c2F)cc1=O. The number of H-pyrrole nitrogens is 1. The molecule has 0 aliphatic heterocycles. The van der Waals surface area contributed by atoms with Gasteiger partial charge in [-0.05, 0) is 49.1 Å². The van der Waals surface area contributed by atoms with Crippen molar-refractivity contribution in [1.82, 2.24) is 4.98 Å². The largest absolute Gasteiger partial charge is 0.357 e. The third-order valence-electron chi connectivity index (χ3n) is 4.15. The van der Waals surface area contributed by atoms with Crippen LogP contribution in [-0.2, 0) is 5.41 Å². The van der Waals surface area contributed by atoms with Gasteiger partial charge in [0.2, 0.25) is 0 Å². The lowest BCUT2D eigenvalue weighted by Crippen LogP contribution is -2.16. The topological polar surface area (TPSA) is 32.9 Å². The molecule has 0 saturated carbocycles. The zero-order valence-electron chi connectivity index (χ0n) is 14.8. The molecule has 1 aromatic carbocycles. The van der Waals surface area contributed by atoms with E-state index in [9.17, 15) is 4.79 Å². The van der Waals surface area contributed by atoms with Crippen molar-refractivity contribution in [1.29, 1.82) is 0 Å². The minimum absolute atomic E-state index is 0.0694.